The van der Waals surface area contributed by atoms with Gasteiger partial charge in [0.1, 0.15) is 0 Å². The molecule has 1 nitrogen and oxygen atoms in total. The number of ether oxygens (including phenoxy) is 1. The van der Waals surface area contributed by atoms with Crippen LogP contribution in [-0.4, -0.2) is 12.2 Å². The van der Waals surface area contributed by atoms with E-state index in [2.05, 4.69) is 20.8 Å². The summed E-state index contributed by atoms with van der Waals surface area (Å²) in [5, 5.41) is 0. The number of hydrogen-bond donors (Lipinski definition) is 0. The topological polar surface area (TPSA) is 9.23 Å². The lowest BCUT2D eigenvalue weighted by Gasteiger charge is -2.35. The van der Waals surface area contributed by atoms with Gasteiger partial charge in [0, 0.05) is 0 Å². The van der Waals surface area contributed by atoms with Crippen LogP contribution in [0.15, 0.2) is 0 Å². The summed E-state index contributed by atoms with van der Waals surface area (Å²) in [5.74, 6) is 0.953. The standard InChI is InChI=1S/C12H22O/c1-10-4-6-12(7-5-10)8-11(2,3)13-9-12/h10H,4-9H2,1-3H3/t10-,12+. The molecular weight excluding hydrogens is 160 g/mol. The molecule has 1 heteroatoms. The van der Waals surface area contributed by atoms with Gasteiger partial charge in [0.25, 0.3) is 0 Å². The van der Waals surface area contributed by atoms with Crippen molar-refractivity contribution in [3.8, 4) is 0 Å². The fraction of sp³-hybridized carbons (Fsp3) is 1.00. The summed E-state index contributed by atoms with van der Waals surface area (Å²) < 4.78 is 5.87. The van der Waals surface area contributed by atoms with E-state index in [1.165, 1.54) is 32.1 Å². The molecule has 0 unspecified atom stereocenters. The maximum Gasteiger partial charge on any atom is 0.0632 e. The first-order chi connectivity index (χ1) is 6.02. The second-order valence-corrected chi connectivity index (χ2v) is 5.91. The fourth-order valence-electron chi connectivity index (χ4n) is 3.05. The molecule has 1 aliphatic heterocycles. The minimum atomic E-state index is 0.153. The van der Waals surface area contributed by atoms with E-state index in [1.807, 2.05) is 0 Å². The third-order valence-corrected chi connectivity index (χ3v) is 3.90. The normalized spacial score (nSPS) is 44.1. The van der Waals surface area contributed by atoms with E-state index in [0.717, 1.165) is 12.5 Å². The van der Waals surface area contributed by atoms with Gasteiger partial charge in [-0.15, -0.1) is 0 Å². The highest BCUT2D eigenvalue weighted by atomic mass is 16.5. The Balaban J connectivity index is 2.00. The van der Waals surface area contributed by atoms with Gasteiger partial charge in [0.05, 0.1) is 12.2 Å². The predicted molar refractivity (Wildman–Crippen MR) is 54.7 cm³/mol. The molecule has 0 N–H and O–H groups in total. The molecule has 0 aromatic carbocycles. The average molecular weight is 182 g/mol. The molecule has 2 rings (SSSR count). The second kappa shape index (κ2) is 2.98. The maximum atomic E-state index is 5.87. The van der Waals surface area contributed by atoms with E-state index in [9.17, 15) is 0 Å². The lowest BCUT2D eigenvalue weighted by molar-refractivity contribution is 0.0273. The van der Waals surface area contributed by atoms with Crippen molar-refractivity contribution in [3.05, 3.63) is 0 Å². The van der Waals surface area contributed by atoms with Crippen molar-refractivity contribution in [1.29, 1.82) is 0 Å². The van der Waals surface area contributed by atoms with Crippen LogP contribution in [0.3, 0.4) is 0 Å². The van der Waals surface area contributed by atoms with E-state index >= 15 is 0 Å². The Morgan fingerprint density at radius 1 is 1.15 bits per heavy atom. The van der Waals surface area contributed by atoms with Crippen molar-refractivity contribution >= 4 is 0 Å². The van der Waals surface area contributed by atoms with E-state index in [0.29, 0.717) is 5.41 Å². The van der Waals surface area contributed by atoms with E-state index in [1.54, 1.807) is 0 Å². The Morgan fingerprint density at radius 2 is 1.77 bits per heavy atom. The first-order valence-electron chi connectivity index (χ1n) is 5.65. The van der Waals surface area contributed by atoms with Crippen molar-refractivity contribution in [3.63, 3.8) is 0 Å². The summed E-state index contributed by atoms with van der Waals surface area (Å²) in [6.07, 6.45) is 6.92. The van der Waals surface area contributed by atoms with Crippen LogP contribution in [-0.2, 0) is 4.74 Å². The highest BCUT2D eigenvalue weighted by Gasteiger charge is 2.45. The molecule has 0 bridgehead atoms. The van der Waals surface area contributed by atoms with Gasteiger partial charge in [-0.25, -0.2) is 0 Å². The van der Waals surface area contributed by atoms with Gasteiger partial charge >= 0.3 is 0 Å². The molecule has 0 atom stereocenters. The number of hydrogen-bond acceptors (Lipinski definition) is 1. The summed E-state index contributed by atoms with van der Waals surface area (Å²) in [6.45, 7) is 7.88. The van der Waals surface area contributed by atoms with Gasteiger partial charge in [-0.3, -0.25) is 0 Å². The van der Waals surface area contributed by atoms with Crippen LogP contribution in [0, 0.1) is 11.3 Å². The van der Waals surface area contributed by atoms with Crippen molar-refractivity contribution in [2.45, 2.75) is 58.5 Å². The average Bonchev–Trinajstić information content (AvgIpc) is 2.35. The lowest BCUT2D eigenvalue weighted by Crippen LogP contribution is -2.28. The summed E-state index contributed by atoms with van der Waals surface area (Å²) >= 11 is 0. The van der Waals surface area contributed by atoms with Crippen molar-refractivity contribution in [2.24, 2.45) is 11.3 Å². The van der Waals surface area contributed by atoms with Crippen molar-refractivity contribution in [2.75, 3.05) is 6.61 Å². The summed E-state index contributed by atoms with van der Waals surface area (Å²) in [7, 11) is 0. The molecule has 0 aromatic rings. The lowest BCUT2D eigenvalue weighted by atomic mass is 9.68. The molecule has 76 valence electrons. The second-order valence-electron chi connectivity index (χ2n) is 5.91. The minimum absolute atomic E-state index is 0.153. The molecule has 1 saturated heterocycles. The van der Waals surface area contributed by atoms with Crippen molar-refractivity contribution < 1.29 is 4.74 Å². The highest BCUT2D eigenvalue weighted by molar-refractivity contribution is 4.95. The molecule has 2 aliphatic rings. The zero-order chi connectivity index (χ0) is 9.53. The summed E-state index contributed by atoms with van der Waals surface area (Å²) in [5.41, 5.74) is 0.719. The molecule has 0 radical (unpaired) electrons. The van der Waals surface area contributed by atoms with E-state index in [4.69, 9.17) is 4.74 Å². The number of rotatable bonds is 0. The first-order valence-corrected chi connectivity index (χ1v) is 5.65. The molecule has 13 heavy (non-hydrogen) atoms. The van der Waals surface area contributed by atoms with Gasteiger partial charge in [0.15, 0.2) is 0 Å². The molecule has 0 aromatic heterocycles. The Morgan fingerprint density at radius 3 is 2.23 bits per heavy atom. The predicted octanol–water partition coefficient (Wildman–Crippen LogP) is 3.38. The van der Waals surface area contributed by atoms with E-state index in [-0.39, 0.29) is 5.60 Å². The highest BCUT2D eigenvalue weighted by Crippen LogP contribution is 2.49. The SMILES string of the molecule is CC1(C)C[C@]2(CC[C@H](C)CC2)CO1. The van der Waals surface area contributed by atoms with Crippen LogP contribution in [0.2, 0.25) is 0 Å². The fourth-order valence-corrected chi connectivity index (χ4v) is 3.05. The van der Waals surface area contributed by atoms with Crippen LogP contribution in [0.25, 0.3) is 0 Å². The molecule has 1 heterocycles. The molecule has 2 fully saturated rings. The van der Waals surface area contributed by atoms with Gasteiger partial charge in [-0.1, -0.05) is 19.8 Å². The van der Waals surface area contributed by atoms with Gasteiger partial charge in [-0.2, -0.15) is 0 Å². The van der Waals surface area contributed by atoms with Crippen molar-refractivity contribution in [1.82, 2.24) is 0 Å². The minimum Gasteiger partial charge on any atom is -0.375 e. The Bertz CT molecular complexity index is 187. The maximum absolute atomic E-state index is 5.87. The first kappa shape index (κ1) is 9.51. The molecule has 1 saturated carbocycles. The van der Waals surface area contributed by atoms with Crippen LogP contribution in [0.1, 0.15) is 52.9 Å². The Hall–Kier alpha value is -0.0400. The Kier molecular flexibility index (Phi) is 2.18. The zero-order valence-corrected chi connectivity index (χ0v) is 9.23. The van der Waals surface area contributed by atoms with Crippen LogP contribution in [0.4, 0.5) is 0 Å². The zero-order valence-electron chi connectivity index (χ0n) is 9.23. The smallest absolute Gasteiger partial charge is 0.0632 e. The van der Waals surface area contributed by atoms with Crippen LogP contribution < -0.4 is 0 Å². The monoisotopic (exact) mass is 182 g/mol. The van der Waals surface area contributed by atoms with Crippen LogP contribution >= 0.6 is 0 Å². The molecule has 1 spiro atoms. The van der Waals surface area contributed by atoms with Crippen LogP contribution in [0.5, 0.6) is 0 Å². The quantitative estimate of drug-likeness (QED) is 0.558. The molecule has 1 aliphatic carbocycles. The Labute approximate surface area is 81.9 Å². The van der Waals surface area contributed by atoms with Gasteiger partial charge < -0.3 is 4.74 Å². The van der Waals surface area contributed by atoms with Gasteiger partial charge in [0.2, 0.25) is 0 Å². The third-order valence-electron chi connectivity index (χ3n) is 3.90. The summed E-state index contributed by atoms with van der Waals surface area (Å²) in [4.78, 5) is 0. The summed E-state index contributed by atoms with van der Waals surface area (Å²) in [6, 6.07) is 0. The van der Waals surface area contributed by atoms with E-state index < -0.39 is 0 Å². The molecular formula is C12H22O. The largest absolute Gasteiger partial charge is 0.375 e. The molecule has 0 amide bonds. The third kappa shape index (κ3) is 1.90. The van der Waals surface area contributed by atoms with Gasteiger partial charge in [-0.05, 0) is 44.4 Å².